The Hall–Kier alpha value is -0.870. The lowest BCUT2D eigenvalue weighted by atomic mass is 10.2. The molecule has 0 unspecified atom stereocenters. The van der Waals surface area contributed by atoms with Gasteiger partial charge in [-0.15, -0.1) is 24.0 Å². The predicted molar refractivity (Wildman–Crippen MR) is 89.6 cm³/mol. The highest BCUT2D eigenvalue weighted by Crippen LogP contribution is 2.18. The lowest BCUT2D eigenvalue weighted by molar-refractivity contribution is 0.588. The normalized spacial score (nSPS) is 15.6. The monoisotopic (exact) mass is 410 g/mol. The maximum Gasteiger partial charge on any atom is 0.240 e. The van der Waals surface area contributed by atoms with E-state index in [9.17, 15) is 8.42 Å². The molecule has 1 fully saturated rings. The van der Waals surface area contributed by atoms with Crippen LogP contribution in [0.25, 0.3) is 0 Å². The molecule has 8 heteroatoms. The number of nitrogens with zero attached hydrogens (tertiary/aromatic N) is 1. The van der Waals surface area contributed by atoms with E-state index in [4.69, 9.17) is 5.73 Å². The minimum Gasteiger partial charge on any atom is -0.370 e. The molecule has 0 spiro atoms. The molecule has 1 aromatic rings. The van der Waals surface area contributed by atoms with Crippen LogP contribution in [0.15, 0.2) is 34.2 Å². The van der Waals surface area contributed by atoms with Gasteiger partial charge in [-0.2, -0.15) is 0 Å². The van der Waals surface area contributed by atoms with Gasteiger partial charge in [-0.1, -0.05) is 12.1 Å². The molecule has 1 saturated carbocycles. The van der Waals surface area contributed by atoms with E-state index < -0.39 is 10.0 Å². The molecule has 1 aliphatic rings. The van der Waals surface area contributed by atoms with E-state index in [1.807, 2.05) is 6.07 Å². The second-order valence-corrected chi connectivity index (χ2v) is 6.36. The molecule has 0 saturated heterocycles. The first-order chi connectivity index (χ1) is 9.01. The molecule has 0 radical (unpaired) electrons. The van der Waals surface area contributed by atoms with Crippen molar-refractivity contribution in [1.82, 2.24) is 10.0 Å². The maximum atomic E-state index is 11.7. The van der Waals surface area contributed by atoms with Gasteiger partial charge in [0.25, 0.3) is 0 Å². The molecule has 0 atom stereocenters. The molecule has 0 aliphatic heterocycles. The fourth-order valence-corrected chi connectivity index (χ4v) is 2.39. The van der Waals surface area contributed by atoms with Crippen molar-refractivity contribution in [2.75, 3.05) is 7.05 Å². The van der Waals surface area contributed by atoms with Crippen LogP contribution in [0.1, 0.15) is 18.4 Å². The van der Waals surface area contributed by atoms with Gasteiger partial charge >= 0.3 is 0 Å². The van der Waals surface area contributed by atoms with Gasteiger partial charge in [-0.05, 0) is 37.6 Å². The van der Waals surface area contributed by atoms with Crippen molar-refractivity contribution >= 4 is 40.0 Å². The van der Waals surface area contributed by atoms with Crippen molar-refractivity contribution in [2.45, 2.75) is 30.3 Å². The van der Waals surface area contributed by atoms with Gasteiger partial charge in [0.05, 0.1) is 11.4 Å². The predicted octanol–water partition coefficient (Wildman–Crippen LogP) is 0.779. The molecule has 0 bridgehead atoms. The Morgan fingerprint density at radius 1 is 1.45 bits per heavy atom. The number of guanidine groups is 1. The number of sulfonamides is 1. The molecule has 0 aromatic heterocycles. The highest BCUT2D eigenvalue weighted by molar-refractivity contribution is 14.0. The van der Waals surface area contributed by atoms with E-state index in [1.54, 1.807) is 18.2 Å². The van der Waals surface area contributed by atoms with E-state index in [0.29, 0.717) is 18.5 Å². The van der Waals surface area contributed by atoms with Gasteiger partial charge in [-0.3, -0.25) is 0 Å². The van der Waals surface area contributed by atoms with Crippen LogP contribution in [0.2, 0.25) is 0 Å². The Bertz CT molecular complexity index is 585. The maximum absolute atomic E-state index is 11.7. The molecule has 6 nitrogen and oxygen atoms in total. The van der Waals surface area contributed by atoms with Crippen LogP contribution in [0.4, 0.5) is 0 Å². The van der Waals surface area contributed by atoms with Crippen molar-refractivity contribution in [3.8, 4) is 0 Å². The molecule has 4 N–H and O–H groups in total. The minimum atomic E-state index is -3.41. The van der Waals surface area contributed by atoms with E-state index in [2.05, 4.69) is 15.0 Å². The first-order valence-electron chi connectivity index (χ1n) is 6.10. The van der Waals surface area contributed by atoms with Crippen LogP contribution in [0, 0.1) is 0 Å². The summed E-state index contributed by atoms with van der Waals surface area (Å²) in [5.74, 6) is 0.407. The first-order valence-corrected chi connectivity index (χ1v) is 7.58. The average molecular weight is 410 g/mol. The van der Waals surface area contributed by atoms with Gasteiger partial charge in [0.1, 0.15) is 0 Å². The highest BCUT2D eigenvalue weighted by atomic mass is 127. The van der Waals surface area contributed by atoms with Gasteiger partial charge in [-0.25, -0.2) is 18.1 Å². The van der Waals surface area contributed by atoms with Crippen LogP contribution in [-0.4, -0.2) is 27.5 Å². The number of hydrogen-bond donors (Lipinski definition) is 3. The topological polar surface area (TPSA) is 96.6 Å². The van der Waals surface area contributed by atoms with Crippen molar-refractivity contribution in [2.24, 2.45) is 10.7 Å². The molecule has 0 amide bonds. The summed E-state index contributed by atoms with van der Waals surface area (Å²) in [6.45, 7) is 0.360. The van der Waals surface area contributed by atoms with Gasteiger partial charge in [0.2, 0.25) is 10.0 Å². The Labute approximate surface area is 136 Å². The Kier molecular flexibility index (Phi) is 6.21. The summed E-state index contributed by atoms with van der Waals surface area (Å²) in [6, 6.07) is 7.12. The number of nitrogens with two attached hydrogens (primary N) is 1. The van der Waals surface area contributed by atoms with E-state index in [1.165, 1.54) is 7.05 Å². The number of benzene rings is 1. The quantitative estimate of drug-likeness (QED) is 0.380. The number of halogens is 1. The molecular formula is C12H19IN4O2S. The summed E-state index contributed by atoms with van der Waals surface area (Å²) >= 11 is 0. The molecule has 2 rings (SSSR count). The van der Waals surface area contributed by atoms with Crippen LogP contribution < -0.4 is 15.8 Å². The number of hydrogen-bond acceptors (Lipinski definition) is 3. The number of rotatable bonds is 5. The number of aliphatic imine (C=N–C) groups is 1. The molecular weight excluding hydrogens is 391 g/mol. The standard InChI is InChI=1S/C12H18N4O2S.HI/c1-14-19(17,18)11-4-2-3-9(7-11)8-15-12(13)16-10-5-6-10;/h2-4,7,10,14H,5-6,8H2,1H3,(H3,13,15,16);1H. The SMILES string of the molecule is CNS(=O)(=O)c1cccc(CN=C(N)NC2CC2)c1.I. The fraction of sp³-hybridized carbons (Fsp3) is 0.417. The van der Waals surface area contributed by atoms with Crippen LogP contribution in [0.5, 0.6) is 0 Å². The fourth-order valence-electron chi connectivity index (χ4n) is 1.59. The number of nitrogens with one attached hydrogen (secondary N) is 2. The molecule has 0 heterocycles. The third kappa shape index (κ3) is 4.91. The van der Waals surface area contributed by atoms with Gasteiger partial charge in [0.15, 0.2) is 5.96 Å². The van der Waals surface area contributed by atoms with Gasteiger partial charge < -0.3 is 11.1 Å². The molecule has 20 heavy (non-hydrogen) atoms. The zero-order valence-electron chi connectivity index (χ0n) is 11.2. The zero-order valence-corrected chi connectivity index (χ0v) is 14.3. The first kappa shape index (κ1) is 17.2. The zero-order chi connectivity index (χ0) is 13.9. The van der Waals surface area contributed by atoms with Gasteiger partial charge in [0, 0.05) is 6.04 Å². The van der Waals surface area contributed by atoms with Crippen molar-refractivity contribution in [3.63, 3.8) is 0 Å². The Balaban J connectivity index is 0.00000200. The summed E-state index contributed by atoms with van der Waals surface area (Å²) in [7, 11) is -2.03. The minimum absolute atomic E-state index is 0. The molecule has 1 aliphatic carbocycles. The average Bonchev–Trinajstić information content (AvgIpc) is 3.20. The highest BCUT2D eigenvalue weighted by Gasteiger charge is 2.21. The second kappa shape index (κ2) is 7.23. The Morgan fingerprint density at radius 3 is 2.75 bits per heavy atom. The summed E-state index contributed by atoms with van der Waals surface area (Å²) in [5, 5.41) is 3.08. The van der Waals surface area contributed by atoms with E-state index >= 15 is 0 Å². The summed E-state index contributed by atoms with van der Waals surface area (Å²) in [4.78, 5) is 4.42. The van der Waals surface area contributed by atoms with Crippen molar-refractivity contribution in [1.29, 1.82) is 0 Å². The third-order valence-corrected chi connectivity index (χ3v) is 4.25. The smallest absolute Gasteiger partial charge is 0.240 e. The second-order valence-electron chi connectivity index (χ2n) is 4.48. The summed E-state index contributed by atoms with van der Waals surface area (Å²) in [5.41, 5.74) is 6.52. The van der Waals surface area contributed by atoms with Crippen LogP contribution >= 0.6 is 24.0 Å². The van der Waals surface area contributed by atoms with E-state index in [0.717, 1.165) is 18.4 Å². The summed E-state index contributed by atoms with van der Waals surface area (Å²) < 4.78 is 25.6. The van der Waals surface area contributed by atoms with Crippen molar-refractivity contribution < 1.29 is 8.42 Å². The molecule has 112 valence electrons. The van der Waals surface area contributed by atoms with E-state index in [-0.39, 0.29) is 28.9 Å². The van der Waals surface area contributed by atoms with Crippen LogP contribution in [-0.2, 0) is 16.6 Å². The third-order valence-electron chi connectivity index (χ3n) is 2.84. The van der Waals surface area contributed by atoms with Crippen LogP contribution in [0.3, 0.4) is 0 Å². The largest absolute Gasteiger partial charge is 0.370 e. The molecule has 1 aromatic carbocycles. The van der Waals surface area contributed by atoms with Crippen molar-refractivity contribution in [3.05, 3.63) is 29.8 Å². The Morgan fingerprint density at radius 2 is 2.15 bits per heavy atom. The summed E-state index contributed by atoms with van der Waals surface area (Å²) in [6.07, 6.45) is 2.26. The lowest BCUT2D eigenvalue weighted by Crippen LogP contribution is -2.33. The lowest BCUT2D eigenvalue weighted by Gasteiger charge is -2.05.